The van der Waals surface area contributed by atoms with E-state index in [2.05, 4.69) is 24.0 Å². The summed E-state index contributed by atoms with van der Waals surface area (Å²) in [5.41, 5.74) is 2.11. The smallest absolute Gasteiger partial charge is 0.227 e. The van der Waals surface area contributed by atoms with E-state index in [0.717, 1.165) is 18.5 Å². The molecule has 1 atom stereocenters. The fraction of sp³-hybridized carbons (Fsp3) is 0.435. The third-order valence-corrected chi connectivity index (χ3v) is 5.25. The van der Waals surface area contributed by atoms with Gasteiger partial charge in [0.15, 0.2) is 0 Å². The predicted molar refractivity (Wildman–Crippen MR) is 109 cm³/mol. The Hall–Kier alpha value is -2.69. The highest BCUT2D eigenvalue weighted by Gasteiger charge is 2.32. The van der Waals surface area contributed by atoms with E-state index in [1.165, 1.54) is 5.56 Å². The summed E-state index contributed by atoms with van der Waals surface area (Å²) in [6.45, 7) is 4.51. The zero-order valence-electron chi connectivity index (χ0n) is 16.6. The molecule has 3 rings (SSSR count). The van der Waals surface area contributed by atoms with Gasteiger partial charge >= 0.3 is 0 Å². The quantitative estimate of drug-likeness (QED) is 0.707. The van der Waals surface area contributed by atoms with E-state index in [9.17, 15) is 9.59 Å². The number of likely N-dealkylation sites (tertiary alicyclic amines) is 1. The second kappa shape index (κ2) is 10.0. The van der Waals surface area contributed by atoms with Gasteiger partial charge in [-0.2, -0.15) is 0 Å². The first-order valence-electron chi connectivity index (χ1n) is 10.2. The normalized spacial score (nSPS) is 16.8. The molecule has 2 aromatic rings. The average molecular weight is 380 g/mol. The zero-order chi connectivity index (χ0) is 19.8. The van der Waals surface area contributed by atoms with Crippen molar-refractivity contribution in [1.82, 2.24) is 14.8 Å². The van der Waals surface area contributed by atoms with Crippen LogP contribution in [-0.4, -0.2) is 46.2 Å². The zero-order valence-corrected chi connectivity index (χ0v) is 16.6. The van der Waals surface area contributed by atoms with Crippen LogP contribution < -0.4 is 0 Å². The number of rotatable bonds is 8. The van der Waals surface area contributed by atoms with Crippen LogP contribution in [-0.2, 0) is 22.6 Å². The molecule has 0 unspecified atom stereocenters. The van der Waals surface area contributed by atoms with Gasteiger partial charge in [0.1, 0.15) is 0 Å². The number of carbonyl (C=O) groups is 2. The van der Waals surface area contributed by atoms with Crippen molar-refractivity contribution in [2.45, 2.75) is 39.2 Å². The number of amides is 2. The summed E-state index contributed by atoms with van der Waals surface area (Å²) in [5, 5.41) is 0. The number of carbonyl (C=O) groups excluding carboxylic acids is 2. The molecule has 28 heavy (non-hydrogen) atoms. The van der Waals surface area contributed by atoms with E-state index >= 15 is 0 Å². The number of pyridine rings is 1. The molecular formula is C23H29N3O2. The summed E-state index contributed by atoms with van der Waals surface area (Å²) in [6.07, 6.45) is 4.58. The highest BCUT2D eigenvalue weighted by Crippen LogP contribution is 2.21. The molecule has 5 heteroatoms. The third kappa shape index (κ3) is 5.41. The van der Waals surface area contributed by atoms with Crippen LogP contribution in [0.25, 0.3) is 0 Å². The van der Waals surface area contributed by atoms with E-state index in [0.29, 0.717) is 39.0 Å². The fourth-order valence-electron chi connectivity index (χ4n) is 3.72. The van der Waals surface area contributed by atoms with Crippen LogP contribution in [0.5, 0.6) is 0 Å². The minimum absolute atomic E-state index is 0.122. The molecule has 0 saturated carbocycles. The molecule has 1 saturated heterocycles. The Kier molecular flexibility index (Phi) is 7.18. The Morgan fingerprint density at radius 1 is 1.18 bits per heavy atom. The molecule has 1 aromatic carbocycles. The molecule has 148 valence electrons. The third-order valence-electron chi connectivity index (χ3n) is 5.25. The monoisotopic (exact) mass is 379 g/mol. The molecule has 0 aliphatic carbocycles. The highest BCUT2D eigenvalue weighted by molar-refractivity contribution is 5.84. The van der Waals surface area contributed by atoms with Gasteiger partial charge in [-0.15, -0.1) is 0 Å². The van der Waals surface area contributed by atoms with E-state index in [1.54, 1.807) is 6.20 Å². The van der Waals surface area contributed by atoms with Crippen LogP contribution >= 0.6 is 0 Å². The number of piperidine rings is 1. The van der Waals surface area contributed by atoms with Gasteiger partial charge < -0.3 is 9.80 Å². The van der Waals surface area contributed by atoms with Gasteiger partial charge in [-0.1, -0.05) is 43.3 Å². The van der Waals surface area contributed by atoms with Gasteiger partial charge in [-0.3, -0.25) is 14.6 Å². The van der Waals surface area contributed by atoms with Crippen molar-refractivity contribution in [2.75, 3.05) is 19.6 Å². The first kappa shape index (κ1) is 20.1. The molecule has 1 aromatic heterocycles. The lowest BCUT2D eigenvalue weighted by molar-refractivity contribution is -0.143. The van der Waals surface area contributed by atoms with Crippen molar-refractivity contribution < 1.29 is 9.59 Å². The van der Waals surface area contributed by atoms with Crippen molar-refractivity contribution in [2.24, 2.45) is 5.92 Å². The van der Waals surface area contributed by atoms with Gasteiger partial charge in [-0.25, -0.2) is 0 Å². The van der Waals surface area contributed by atoms with Crippen LogP contribution in [0.2, 0.25) is 0 Å². The van der Waals surface area contributed by atoms with Gasteiger partial charge in [0, 0.05) is 32.3 Å². The van der Waals surface area contributed by atoms with Crippen molar-refractivity contribution in [3.8, 4) is 0 Å². The van der Waals surface area contributed by atoms with Gasteiger partial charge in [0.2, 0.25) is 11.8 Å². The second-order valence-electron chi connectivity index (χ2n) is 7.39. The number of benzene rings is 1. The maximum Gasteiger partial charge on any atom is 0.227 e. The molecule has 0 N–H and O–H groups in total. The predicted octanol–water partition coefficient (Wildman–Crippen LogP) is 3.30. The molecule has 0 radical (unpaired) electrons. The standard InChI is InChI=1S/C23H29N3O2/c1-2-15-26(18-21-10-6-7-14-24-21)23(28)20-11-12-22(27)25(17-20)16-13-19-8-4-3-5-9-19/h3-10,14,20H,2,11-13,15-18H2,1H3/t20-/m0/s1. The first-order chi connectivity index (χ1) is 13.7. The van der Waals surface area contributed by atoms with E-state index in [-0.39, 0.29) is 17.7 Å². The maximum atomic E-state index is 13.2. The molecule has 1 aliphatic heterocycles. The summed E-state index contributed by atoms with van der Waals surface area (Å²) in [7, 11) is 0. The van der Waals surface area contributed by atoms with Crippen LogP contribution in [0.1, 0.15) is 37.4 Å². The Morgan fingerprint density at radius 2 is 1.96 bits per heavy atom. The van der Waals surface area contributed by atoms with Crippen molar-refractivity contribution >= 4 is 11.8 Å². The van der Waals surface area contributed by atoms with Crippen molar-refractivity contribution in [3.05, 3.63) is 66.0 Å². The van der Waals surface area contributed by atoms with Crippen LogP contribution in [0.15, 0.2) is 54.7 Å². The number of aromatic nitrogens is 1. The SMILES string of the molecule is CCCN(Cc1ccccn1)C(=O)[C@H]1CCC(=O)N(CCc2ccccc2)C1. The summed E-state index contributed by atoms with van der Waals surface area (Å²) in [5.74, 6) is 0.181. The second-order valence-corrected chi connectivity index (χ2v) is 7.39. The van der Waals surface area contributed by atoms with Gasteiger partial charge in [0.25, 0.3) is 0 Å². The minimum Gasteiger partial charge on any atom is -0.342 e. The Morgan fingerprint density at radius 3 is 2.68 bits per heavy atom. The summed E-state index contributed by atoms with van der Waals surface area (Å²) >= 11 is 0. The minimum atomic E-state index is -0.122. The number of hydrogen-bond acceptors (Lipinski definition) is 3. The largest absolute Gasteiger partial charge is 0.342 e. The molecular weight excluding hydrogens is 350 g/mol. The summed E-state index contributed by atoms with van der Waals surface area (Å²) < 4.78 is 0. The lowest BCUT2D eigenvalue weighted by Crippen LogP contribution is -2.47. The topological polar surface area (TPSA) is 53.5 Å². The van der Waals surface area contributed by atoms with Gasteiger partial charge in [0.05, 0.1) is 18.2 Å². The molecule has 0 bridgehead atoms. The average Bonchev–Trinajstić information content (AvgIpc) is 2.74. The molecule has 2 heterocycles. The lowest BCUT2D eigenvalue weighted by Gasteiger charge is -2.35. The molecule has 0 spiro atoms. The molecule has 1 aliphatic rings. The van der Waals surface area contributed by atoms with E-state index in [1.807, 2.05) is 46.2 Å². The molecule has 1 fully saturated rings. The van der Waals surface area contributed by atoms with Crippen molar-refractivity contribution in [1.29, 1.82) is 0 Å². The van der Waals surface area contributed by atoms with Crippen LogP contribution in [0.4, 0.5) is 0 Å². The van der Waals surface area contributed by atoms with Crippen molar-refractivity contribution in [3.63, 3.8) is 0 Å². The Bertz CT molecular complexity index is 764. The Balaban J connectivity index is 1.61. The summed E-state index contributed by atoms with van der Waals surface area (Å²) in [6, 6.07) is 16.0. The van der Waals surface area contributed by atoms with Crippen LogP contribution in [0, 0.1) is 5.92 Å². The molecule has 5 nitrogen and oxygen atoms in total. The van der Waals surface area contributed by atoms with Gasteiger partial charge in [-0.05, 0) is 37.0 Å². The lowest BCUT2D eigenvalue weighted by atomic mass is 9.95. The fourth-order valence-corrected chi connectivity index (χ4v) is 3.72. The highest BCUT2D eigenvalue weighted by atomic mass is 16.2. The number of hydrogen-bond donors (Lipinski definition) is 0. The van der Waals surface area contributed by atoms with E-state index < -0.39 is 0 Å². The molecule has 2 amide bonds. The maximum absolute atomic E-state index is 13.2. The summed E-state index contributed by atoms with van der Waals surface area (Å²) in [4.78, 5) is 33.7. The Labute approximate surface area is 167 Å². The first-order valence-corrected chi connectivity index (χ1v) is 10.2. The number of nitrogens with zero attached hydrogens (tertiary/aromatic N) is 3. The van der Waals surface area contributed by atoms with E-state index in [4.69, 9.17) is 0 Å². The van der Waals surface area contributed by atoms with Crippen LogP contribution in [0.3, 0.4) is 0 Å².